The molecule has 5 heteroatoms. The molecule has 0 spiro atoms. The molecule has 0 aliphatic carbocycles. The van der Waals surface area contributed by atoms with Gasteiger partial charge >= 0.3 is 0 Å². The van der Waals surface area contributed by atoms with Gasteiger partial charge in [0, 0.05) is 30.5 Å². The topological polar surface area (TPSA) is 77.6 Å². The predicted octanol–water partition coefficient (Wildman–Crippen LogP) is 0.407. The summed E-state index contributed by atoms with van der Waals surface area (Å²) in [5.41, 5.74) is 8.49. The van der Waals surface area contributed by atoms with Gasteiger partial charge in [-0.05, 0) is 13.3 Å². The summed E-state index contributed by atoms with van der Waals surface area (Å²) in [6.07, 6.45) is 2.31. The Labute approximate surface area is 102 Å². The first kappa shape index (κ1) is 13.9. The van der Waals surface area contributed by atoms with Crippen LogP contribution in [0.4, 0.5) is 0 Å². The maximum Gasteiger partial charge on any atom is 0.143 e. The molecule has 5 nitrogen and oxygen atoms in total. The summed E-state index contributed by atoms with van der Waals surface area (Å²) >= 11 is 0. The normalized spacial score (nSPS) is 12.5. The van der Waals surface area contributed by atoms with E-state index in [4.69, 9.17) is 20.3 Å². The molecule has 0 saturated heterocycles. The lowest BCUT2D eigenvalue weighted by Crippen LogP contribution is -2.27. The first-order valence-electron chi connectivity index (χ1n) is 5.50. The second-order valence-corrected chi connectivity index (χ2v) is 3.96. The van der Waals surface area contributed by atoms with Gasteiger partial charge in [-0.25, -0.2) is 0 Å². The number of rotatable bonds is 6. The summed E-state index contributed by atoms with van der Waals surface area (Å²) in [5, 5.41) is 9.04. The van der Waals surface area contributed by atoms with Gasteiger partial charge in [0.05, 0.1) is 26.0 Å². The fourth-order valence-electron chi connectivity index (χ4n) is 1.78. The van der Waals surface area contributed by atoms with Crippen molar-refractivity contribution in [3.8, 4) is 5.75 Å². The Hall–Kier alpha value is -1.17. The van der Waals surface area contributed by atoms with E-state index in [0.29, 0.717) is 13.0 Å². The van der Waals surface area contributed by atoms with Crippen molar-refractivity contribution < 1.29 is 14.6 Å². The molecule has 1 aromatic rings. The minimum atomic E-state index is -0.304. The molecule has 0 amide bonds. The number of pyridine rings is 1. The molecule has 1 unspecified atom stereocenters. The van der Waals surface area contributed by atoms with Crippen LogP contribution in [0.25, 0.3) is 0 Å². The summed E-state index contributed by atoms with van der Waals surface area (Å²) in [5.74, 6) is 0.725. The molecular formula is C12H20N2O3. The summed E-state index contributed by atoms with van der Waals surface area (Å²) in [4.78, 5) is 4.25. The maximum atomic E-state index is 9.04. The van der Waals surface area contributed by atoms with Crippen LogP contribution in [0.3, 0.4) is 0 Å². The zero-order valence-corrected chi connectivity index (χ0v) is 10.6. The third-order valence-corrected chi connectivity index (χ3v) is 2.61. The highest BCUT2D eigenvalue weighted by atomic mass is 16.5. The Balaban J connectivity index is 3.13. The van der Waals surface area contributed by atoms with Crippen molar-refractivity contribution in [1.29, 1.82) is 0 Å². The van der Waals surface area contributed by atoms with E-state index in [1.165, 1.54) is 0 Å². The van der Waals surface area contributed by atoms with Crippen molar-refractivity contribution in [2.24, 2.45) is 5.73 Å². The van der Waals surface area contributed by atoms with Crippen molar-refractivity contribution in [2.45, 2.75) is 26.0 Å². The van der Waals surface area contributed by atoms with Crippen molar-refractivity contribution in [2.75, 3.05) is 20.8 Å². The maximum absolute atomic E-state index is 9.04. The van der Waals surface area contributed by atoms with Crippen molar-refractivity contribution in [3.05, 3.63) is 23.0 Å². The van der Waals surface area contributed by atoms with E-state index < -0.39 is 0 Å². The summed E-state index contributed by atoms with van der Waals surface area (Å²) in [6, 6.07) is -0.304. The van der Waals surface area contributed by atoms with E-state index in [0.717, 1.165) is 22.6 Å². The number of nitrogens with two attached hydrogens (primary N) is 1. The molecule has 0 fully saturated rings. The molecule has 0 bridgehead atoms. The Morgan fingerprint density at radius 1 is 1.47 bits per heavy atom. The molecule has 0 saturated carbocycles. The zero-order chi connectivity index (χ0) is 12.8. The van der Waals surface area contributed by atoms with Gasteiger partial charge in [0.1, 0.15) is 5.75 Å². The molecule has 1 atom stereocenters. The molecule has 3 N–H and O–H groups in total. The van der Waals surface area contributed by atoms with Crippen LogP contribution < -0.4 is 10.5 Å². The van der Waals surface area contributed by atoms with Crippen LogP contribution in [0, 0.1) is 6.92 Å². The van der Waals surface area contributed by atoms with Crippen LogP contribution in [-0.2, 0) is 17.8 Å². The number of methoxy groups -OCH3 is 2. The van der Waals surface area contributed by atoms with Gasteiger partial charge in [-0.2, -0.15) is 0 Å². The van der Waals surface area contributed by atoms with Gasteiger partial charge in [0.2, 0.25) is 0 Å². The summed E-state index contributed by atoms with van der Waals surface area (Å²) < 4.78 is 10.5. The Kier molecular flexibility index (Phi) is 5.34. The molecule has 1 rings (SSSR count). The van der Waals surface area contributed by atoms with E-state index in [-0.39, 0.29) is 12.6 Å². The van der Waals surface area contributed by atoms with Crippen LogP contribution in [0.2, 0.25) is 0 Å². The van der Waals surface area contributed by atoms with Gasteiger partial charge in [-0.15, -0.1) is 0 Å². The highest BCUT2D eigenvalue weighted by molar-refractivity contribution is 5.42. The van der Waals surface area contributed by atoms with Gasteiger partial charge < -0.3 is 20.3 Å². The Bertz CT molecular complexity index is 369. The van der Waals surface area contributed by atoms with Crippen molar-refractivity contribution in [3.63, 3.8) is 0 Å². The number of aryl methyl sites for hydroxylation is 1. The van der Waals surface area contributed by atoms with Crippen LogP contribution >= 0.6 is 0 Å². The average Bonchev–Trinajstić information content (AvgIpc) is 2.33. The number of hydrogen-bond donors (Lipinski definition) is 2. The van der Waals surface area contributed by atoms with E-state index in [1.807, 2.05) is 6.92 Å². The van der Waals surface area contributed by atoms with Gasteiger partial charge in [-0.3, -0.25) is 4.98 Å². The Morgan fingerprint density at radius 2 is 2.18 bits per heavy atom. The van der Waals surface area contributed by atoms with Gasteiger partial charge in [0.25, 0.3) is 0 Å². The zero-order valence-electron chi connectivity index (χ0n) is 10.6. The number of aromatic nitrogens is 1. The lowest BCUT2D eigenvalue weighted by atomic mass is 10.0. The van der Waals surface area contributed by atoms with Crippen LogP contribution in [-0.4, -0.2) is 37.0 Å². The second kappa shape index (κ2) is 6.54. The van der Waals surface area contributed by atoms with Crippen LogP contribution in [0.5, 0.6) is 5.75 Å². The van der Waals surface area contributed by atoms with E-state index >= 15 is 0 Å². The van der Waals surface area contributed by atoms with Gasteiger partial charge in [-0.1, -0.05) is 0 Å². The van der Waals surface area contributed by atoms with E-state index in [2.05, 4.69) is 4.98 Å². The molecule has 0 radical (unpaired) electrons. The molecule has 1 aromatic heterocycles. The van der Waals surface area contributed by atoms with E-state index in [1.54, 1.807) is 20.4 Å². The number of hydrogen-bond acceptors (Lipinski definition) is 5. The Morgan fingerprint density at radius 3 is 2.71 bits per heavy atom. The quantitative estimate of drug-likeness (QED) is 0.753. The molecule has 0 aliphatic rings. The number of aliphatic hydroxyl groups is 1. The average molecular weight is 240 g/mol. The standard InChI is InChI=1S/C12H20N2O3/c1-8-12(17-3)11(4-10(13)6-15)9(5-14-8)7-16-2/h5,10,15H,4,6-7,13H2,1-3H3. The predicted molar refractivity (Wildman–Crippen MR) is 65.0 cm³/mol. The molecule has 96 valence electrons. The smallest absolute Gasteiger partial charge is 0.143 e. The minimum absolute atomic E-state index is 0.0586. The van der Waals surface area contributed by atoms with Crippen molar-refractivity contribution in [1.82, 2.24) is 4.98 Å². The molecule has 1 heterocycles. The second-order valence-electron chi connectivity index (χ2n) is 3.96. The third kappa shape index (κ3) is 3.39. The number of aliphatic hydroxyl groups excluding tert-OH is 1. The van der Waals surface area contributed by atoms with E-state index in [9.17, 15) is 0 Å². The molecule has 0 aliphatic heterocycles. The van der Waals surface area contributed by atoms with Crippen LogP contribution in [0.15, 0.2) is 6.20 Å². The van der Waals surface area contributed by atoms with Gasteiger partial charge in [0.15, 0.2) is 0 Å². The number of nitrogens with zero attached hydrogens (tertiary/aromatic N) is 1. The van der Waals surface area contributed by atoms with Crippen LogP contribution in [0.1, 0.15) is 16.8 Å². The highest BCUT2D eigenvalue weighted by Gasteiger charge is 2.15. The fourth-order valence-corrected chi connectivity index (χ4v) is 1.78. The lowest BCUT2D eigenvalue weighted by Gasteiger charge is -2.17. The molecule has 0 aromatic carbocycles. The SMILES string of the molecule is COCc1cnc(C)c(OC)c1CC(N)CO. The minimum Gasteiger partial charge on any atom is -0.495 e. The van der Waals surface area contributed by atoms with Crippen molar-refractivity contribution >= 4 is 0 Å². The fraction of sp³-hybridized carbons (Fsp3) is 0.583. The summed E-state index contributed by atoms with van der Waals surface area (Å²) in [6.45, 7) is 2.28. The monoisotopic (exact) mass is 240 g/mol. The lowest BCUT2D eigenvalue weighted by molar-refractivity contribution is 0.183. The first-order valence-corrected chi connectivity index (χ1v) is 5.50. The summed E-state index contributed by atoms with van der Waals surface area (Å²) in [7, 11) is 3.23. The highest BCUT2D eigenvalue weighted by Crippen LogP contribution is 2.26. The molecular weight excluding hydrogens is 220 g/mol. The third-order valence-electron chi connectivity index (χ3n) is 2.61. The molecule has 17 heavy (non-hydrogen) atoms. The first-order chi connectivity index (χ1) is 8.13. The number of ether oxygens (including phenoxy) is 2. The largest absolute Gasteiger partial charge is 0.495 e.